The summed E-state index contributed by atoms with van der Waals surface area (Å²) in [5, 5.41) is 22.1. The molecule has 2 heterocycles. The van der Waals surface area contributed by atoms with Gasteiger partial charge in [0.15, 0.2) is 16.4 Å². The standard InChI is InChI=1S/C21H20N8OS/c1-13-5-7-14(8-6-13)19-23-25-21(31)28(19)12-18(30)22-16-4-2-3-15(11-16)20-24-26-27-29(20)17-9-10-17/h2-8,11,17H,9-10,12H2,1H3,(H,22,30)(H,25,31). The van der Waals surface area contributed by atoms with Crippen molar-refractivity contribution in [2.75, 3.05) is 5.32 Å². The van der Waals surface area contributed by atoms with Gasteiger partial charge < -0.3 is 5.32 Å². The number of carbonyl (C=O) groups is 1. The van der Waals surface area contributed by atoms with Crippen LogP contribution in [-0.4, -0.2) is 40.9 Å². The summed E-state index contributed by atoms with van der Waals surface area (Å²) in [6.45, 7) is 2.06. The average molecular weight is 433 g/mol. The van der Waals surface area contributed by atoms with Crippen LogP contribution >= 0.6 is 12.2 Å². The Kier molecular flexibility index (Phi) is 4.91. The fourth-order valence-corrected chi connectivity index (χ4v) is 3.61. The lowest BCUT2D eigenvalue weighted by atomic mass is 10.1. The van der Waals surface area contributed by atoms with Gasteiger partial charge in [0, 0.05) is 16.8 Å². The first-order valence-electron chi connectivity index (χ1n) is 9.99. The van der Waals surface area contributed by atoms with Crippen molar-refractivity contribution in [3.8, 4) is 22.8 Å². The number of rotatable bonds is 6. The molecule has 0 radical (unpaired) electrons. The van der Waals surface area contributed by atoms with Crippen LogP contribution in [0.3, 0.4) is 0 Å². The predicted molar refractivity (Wildman–Crippen MR) is 118 cm³/mol. The molecule has 4 aromatic rings. The molecule has 1 amide bonds. The Morgan fingerprint density at radius 3 is 2.74 bits per heavy atom. The number of anilines is 1. The molecule has 5 rings (SSSR count). The summed E-state index contributed by atoms with van der Waals surface area (Å²) in [5.41, 5.74) is 3.56. The quantitative estimate of drug-likeness (QED) is 0.452. The van der Waals surface area contributed by atoms with Gasteiger partial charge in [-0.3, -0.25) is 14.5 Å². The molecule has 31 heavy (non-hydrogen) atoms. The maximum atomic E-state index is 12.8. The minimum atomic E-state index is -0.204. The van der Waals surface area contributed by atoms with E-state index in [0.717, 1.165) is 29.5 Å². The van der Waals surface area contributed by atoms with Crippen molar-refractivity contribution in [3.63, 3.8) is 0 Å². The average Bonchev–Trinajstić information content (AvgIpc) is 3.38. The molecule has 2 N–H and O–H groups in total. The minimum absolute atomic E-state index is 0.0442. The second kappa shape index (κ2) is 7.88. The molecule has 0 aliphatic heterocycles. The number of hydrogen-bond donors (Lipinski definition) is 2. The summed E-state index contributed by atoms with van der Waals surface area (Å²) in [4.78, 5) is 12.8. The number of nitrogens with one attached hydrogen (secondary N) is 2. The Bertz CT molecular complexity index is 1300. The first-order chi connectivity index (χ1) is 15.1. The van der Waals surface area contributed by atoms with Gasteiger partial charge in [0.05, 0.1) is 6.04 Å². The molecule has 1 fully saturated rings. The van der Waals surface area contributed by atoms with Crippen LogP contribution in [0.2, 0.25) is 0 Å². The monoisotopic (exact) mass is 432 g/mol. The van der Waals surface area contributed by atoms with Crippen LogP contribution in [0.5, 0.6) is 0 Å². The van der Waals surface area contributed by atoms with Crippen LogP contribution in [0.15, 0.2) is 48.5 Å². The van der Waals surface area contributed by atoms with Crippen LogP contribution in [0, 0.1) is 11.7 Å². The van der Waals surface area contributed by atoms with Gasteiger partial charge in [0.1, 0.15) is 6.54 Å². The van der Waals surface area contributed by atoms with Gasteiger partial charge in [-0.2, -0.15) is 5.10 Å². The Hall–Kier alpha value is -3.66. The van der Waals surface area contributed by atoms with Crippen molar-refractivity contribution in [2.24, 2.45) is 0 Å². The van der Waals surface area contributed by atoms with Crippen LogP contribution in [0.25, 0.3) is 22.8 Å². The lowest BCUT2D eigenvalue weighted by Crippen LogP contribution is -2.19. The molecule has 0 bridgehead atoms. The van der Waals surface area contributed by atoms with Crippen molar-refractivity contribution >= 4 is 23.8 Å². The van der Waals surface area contributed by atoms with Crippen molar-refractivity contribution in [2.45, 2.75) is 32.4 Å². The van der Waals surface area contributed by atoms with Gasteiger partial charge in [0.25, 0.3) is 0 Å². The summed E-state index contributed by atoms with van der Waals surface area (Å²) in [7, 11) is 0. The van der Waals surface area contributed by atoms with Gasteiger partial charge in [-0.25, -0.2) is 4.68 Å². The molecule has 0 atom stereocenters. The number of hydrogen-bond acceptors (Lipinski definition) is 6. The minimum Gasteiger partial charge on any atom is -0.325 e. The third-order valence-corrected chi connectivity index (χ3v) is 5.47. The molecule has 2 aromatic heterocycles. The molecule has 2 aromatic carbocycles. The summed E-state index contributed by atoms with van der Waals surface area (Å²) >= 11 is 5.34. The molecular weight excluding hydrogens is 412 g/mol. The van der Waals surface area contributed by atoms with E-state index < -0.39 is 0 Å². The van der Waals surface area contributed by atoms with Gasteiger partial charge >= 0.3 is 0 Å². The zero-order chi connectivity index (χ0) is 21.4. The number of H-pyrrole nitrogens is 1. The van der Waals surface area contributed by atoms with Crippen LogP contribution in [0.4, 0.5) is 5.69 Å². The van der Waals surface area contributed by atoms with Crippen molar-refractivity contribution in [3.05, 3.63) is 58.9 Å². The highest BCUT2D eigenvalue weighted by Crippen LogP contribution is 2.36. The Labute approximate surface area is 183 Å². The SMILES string of the molecule is Cc1ccc(-c2n[nH]c(=S)n2CC(=O)Nc2cccc(-c3nnnn3C3CC3)c2)cc1. The number of carbonyl (C=O) groups excluding carboxylic acids is 1. The van der Waals surface area contributed by atoms with Crippen molar-refractivity contribution < 1.29 is 4.79 Å². The van der Waals surface area contributed by atoms with Crippen LogP contribution < -0.4 is 5.32 Å². The normalized spacial score (nSPS) is 13.3. The molecule has 0 unspecified atom stereocenters. The topological polar surface area (TPSA) is 106 Å². The molecule has 10 heteroatoms. The fourth-order valence-electron chi connectivity index (χ4n) is 3.42. The number of aryl methyl sites for hydroxylation is 1. The molecule has 1 aliphatic rings. The van der Waals surface area contributed by atoms with E-state index in [1.165, 1.54) is 0 Å². The maximum absolute atomic E-state index is 12.8. The number of tetrazole rings is 1. The van der Waals surface area contributed by atoms with E-state index in [-0.39, 0.29) is 12.5 Å². The van der Waals surface area contributed by atoms with Gasteiger partial charge in [0.2, 0.25) is 5.91 Å². The molecular formula is C21H20N8OS. The fraction of sp³-hybridized carbons (Fsp3) is 0.238. The van der Waals surface area contributed by atoms with E-state index in [0.29, 0.717) is 28.1 Å². The second-order valence-electron chi connectivity index (χ2n) is 7.61. The molecule has 9 nitrogen and oxygen atoms in total. The number of aromatic amines is 1. The predicted octanol–water partition coefficient (Wildman–Crippen LogP) is 3.54. The summed E-state index contributed by atoms with van der Waals surface area (Å²) in [6, 6.07) is 15.8. The van der Waals surface area contributed by atoms with E-state index in [2.05, 4.69) is 31.0 Å². The highest BCUT2D eigenvalue weighted by atomic mass is 32.1. The van der Waals surface area contributed by atoms with Crippen LogP contribution in [-0.2, 0) is 11.3 Å². The van der Waals surface area contributed by atoms with E-state index in [4.69, 9.17) is 12.2 Å². The molecule has 156 valence electrons. The Morgan fingerprint density at radius 2 is 1.97 bits per heavy atom. The third-order valence-electron chi connectivity index (χ3n) is 5.16. The largest absolute Gasteiger partial charge is 0.325 e. The zero-order valence-electron chi connectivity index (χ0n) is 16.8. The summed E-state index contributed by atoms with van der Waals surface area (Å²) in [5.74, 6) is 1.12. The number of benzene rings is 2. The third kappa shape index (κ3) is 4.02. The maximum Gasteiger partial charge on any atom is 0.244 e. The highest BCUT2D eigenvalue weighted by Gasteiger charge is 2.28. The van der Waals surface area contributed by atoms with Crippen molar-refractivity contribution in [1.29, 1.82) is 0 Å². The van der Waals surface area contributed by atoms with E-state index in [9.17, 15) is 4.79 Å². The molecule has 1 saturated carbocycles. The molecule has 0 saturated heterocycles. The van der Waals surface area contributed by atoms with Gasteiger partial charge in [-0.05, 0) is 54.5 Å². The highest BCUT2D eigenvalue weighted by molar-refractivity contribution is 7.71. The lowest BCUT2D eigenvalue weighted by molar-refractivity contribution is -0.116. The first-order valence-corrected chi connectivity index (χ1v) is 10.4. The smallest absolute Gasteiger partial charge is 0.244 e. The van der Waals surface area contributed by atoms with Gasteiger partial charge in [-0.1, -0.05) is 42.0 Å². The van der Waals surface area contributed by atoms with E-state index in [1.54, 1.807) is 4.57 Å². The summed E-state index contributed by atoms with van der Waals surface area (Å²) in [6.07, 6.45) is 2.17. The lowest BCUT2D eigenvalue weighted by Gasteiger charge is -2.10. The molecule has 0 spiro atoms. The molecule has 1 aliphatic carbocycles. The first kappa shape index (κ1) is 19.3. The van der Waals surface area contributed by atoms with Crippen LogP contribution in [0.1, 0.15) is 24.4 Å². The Balaban J connectivity index is 1.35. The van der Waals surface area contributed by atoms with Gasteiger partial charge in [-0.15, -0.1) is 5.10 Å². The second-order valence-corrected chi connectivity index (χ2v) is 8.00. The van der Waals surface area contributed by atoms with E-state index >= 15 is 0 Å². The number of aromatic nitrogens is 7. The van der Waals surface area contributed by atoms with Crippen molar-refractivity contribution in [1.82, 2.24) is 35.0 Å². The number of nitrogens with zero attached hydrogens (tertiary/aromatic N) is 6. The summed E-state index contributed by atoms with van der Waals surface area (Å²) < 4.78 is 3.93. The Morgan fingerprint density at radius 1 is 1.16 bits per heavy atom. The number of amides is 1. The zero-order valence-corrected chi connectivity index (χ0v) is 17.6. The van der Waals surface area contributed by atoms with E-state index in [1.807, 2.05) is 60.1 Å².